The molecule has 5 heteroatoms. The van der Waals surface area contributed by atoms with Crippen molar-refractivity contribution in [3.05, 3.63) is 17.5 Å². The molecule has 4 nitrogen and oxygen atoms in total. The highest BCUT2D eigenvalue weighted by Gasteiger charge is 2.08. The first-order chi connectivity index (χ1) is 7.67. The standard InChI is InChI=1S/C11H20BrN3O/c1-10-8-11(14(2)13-10)9-15(5-4-12)6-7-16-3/h8H,4-7,9H2,1-3H3. The lowest BCUT2D eigenvalue weighted by molar-refractivity contribution is 0.147. The zero-order chi connectivity index (χ0) is 12.0. The number of hydrogen-bond donors (Lipinski definition) is 0. The highest BCUT2D eigenvalue weighted by atomic mass is 79.9. The van der Waals surface area contributed by atoms with Gasteiger partial charge in [-0.15, -0.1) is 0 Å². The van der Waals surface area contributed by atoms with E-state index in [1.165, 1.54) is 5.69 Å². The Kier molecular flexibility index (Phi) is 6.01. The summed E-state index contributed by atoms with van der Waals surface area (Å²) < 4.78 is 7.06. The number of methoxy groups -OCH3 is 1. The van der Waals surface area contributed by atoms with Crippen molar-refractivity contribution in [1.29, 1.82) is 0 Å². The van der Waals surface area contributed by atoms with Crippen LogP contribution >= 0.6 is 15.9 Å². The number of halogens is 1. The molecule has 0 aliphatic heterocycles. The molecule has 0 radical (unpaired) electrons. The Labute approximate surface area is 106 Å². The van der Waals surface area contributed by atoms with Crippen molar-refractivity contribution in [2.45, 2.75) is 13.5 Å². The molecule has 0 aliphatic carbocycles. The summed E-state index contributed by atoms with van der Waals surface area (Å²) in [5.41, 5.74) is 2.32. The van der Waals surface area contributed by atoms with Crippen molar-refractivity contribution >= 4 is 15.9 Å². The Morgan fingerprint density at radius 1 is 1.50 bits per heavy atom. The quantitative estimate of drug-likeness (QED) is 0.714. The van der Waals surface area contributed by atoms with Crippen LogP contribution in [0.4, 0.5) is 0 Å². The second-order valence-corrected chi connectivity index (χ2v) is 4.65. The topological polar surface area (TPSA) is 30.3 Å². The maximum atomic E-state index is 5.11. The minimum Gasteiger partial charge on any atom is -0.383 e. The Morgan fingerprint density at radius 2 is 2.25 bits per heavy atom. The van der Waals surface area contributed by atoms with E-state index in [0.717, 1.165) is 37.3 Å². The summed E-state index contributed by atoms with van der Waals surface area (Å²) in [5.74, 6) is 0. The maximum absolute atomic E-state index is 5.11. The van der Waals surface area contributed by atoms with Crippen LogP contribution in [0.25, 0.3) is 0 Å². The molecule has 1 heterocycles. The molecule has 1 aromatic heterocycles. The molecule has 0 aromatic carbocycles. The SMILES string of the molecule is COCCN(CCBr)Cc1cc(C)nn1C. The molecular formula is C11H20BrN3O. The lowest BCUT2D eigenvalue weighted by Gasteiger charge is -2.20. The van der Waals surface area contributed by atoms with E-state index in [4.69, 9.17) is 4.74 Å². The molecule has 0 bridgehead atoms. The zero-order valence-corrected chi connectivity index (χ0v) is 11.8. The minimum atomic E-state index is 0.768. The van der Waals surface area contributed by atoms with Crippen molar-refractivity contribution in [2.75, 3.05) is 32.1 Å². The van der Waals surface area contributed by atoms with Gasteiger partial charge in [0.25, 0.3) is 0 Å². The Hall–Kier alpha value is -0.390. The molecule has 0 fully saturated rings. The van der Waals surface area contributed by atoms with Crippen LogP contribution in [0, 0.1) is 6.92 Å². The average Bonchev–Trinajstić information content (AvgIpc) is 2.54. The second kappa shape index (κ2) is 7.04. The number of hydrogen-bond acceptors (Lipinski definition) is 3. The van der Waals surface area contributed by atoms with Crippen LogP contribution in [0.15, 0.2) is 6.07 Å². The molecule has 0 saturated heterocycles. The molecule has 0 N–H and O–H groups in total. The van der Waals surface area contributed by atoms with Crippen molar-refractivity contribution in [2.24, 2.45) is 7.05 Å². The zero-order valence-electron chi connectivity index (χ0n) is 10.2. The summed E-state index contributed by atoms with van der Waals surface area (Å²) in [6.45, 7) is 5.68. The first-order valence-electron chi connectivity index (χ1n) is 5.44. The smallest absolute Gasteiger partial charge is 0.0597 e. The lowest BCUT2D eigenvalue weighted by atomic mass is 10.3. The van der Waals surface area contributed by atoms with Gasteiger partial charge in [-0.05, 0) is 13.0 Å². The third-order valence-electron chi connectivity index (χ3n) is 2.50. The molecular weight excluding hydrogens is 270 g/mol. The largest absolute Gasteiger partial charge is 0.383 e. The molecule has 0 aliphatic rings. The number of aromatic nitrogens is 2. The van der Waals surface area contributed by atoms with Gasteiger partial charge in [-0.2, -0.15) is 5.10 Å². The molecule has 1 aromatic rings. The van der Waals surface area contributed by atoms with Gasteiger partial charge in [-0.3, -0.25) is 9.58 Å². The van der Waals surface area contributed by atoms with Gasteiger partial charge in [0.15, 0.2) is 0 Å². The fourth-order valence-electron chi connectivity index (χ4n) is 1.65. The van der Waals surface area contributed by atoms with Crippen LogP contribution in [0.5, 0.6) is 0 Å². The van der Waals surface area contributed by atoms with Gasteiger partial charge in [-0.25, -0.2) is 0 Å². The normalized spacial score (nSPS) is 11.3. The van der Waals surface area contributed by atoms with Gasteiger partial charge in [-0.1, -0.05) is 15.9 Å². The fourth-order valence-corrected chi connectivity index (χ4v) is 2.15. The summed E-state index contributed by atoms with van der Waals surface area (Å²) in [7, 11) is 3.73. The Morgan fingerprint density at radius 3 is 2.75 bits per heavy atom. The van der Waals surface area contributed by atoms with E-state index in [1.807, 2.05) is 18.7 Å². The van der Waals surface area contributed by atoms with E-state index in [0.29, 0.717) is 0 Å². The third kappa shape index (κ3) is 4.23. The van der Waals surface area contributed by atoms with Crippen molar-refractivity contribution in [1.82, 2.24) is 14.7 Å². The Balaban J connectivity index is 2.56. The summed E-state index contributed by atoms with van der Waals surface area (Å²) in [5, 5.41) is 5.33. The average molecular weight is 290 g/mol. The van der Waals surface area contributed by atoms with Gasteiger partial charge < -0.3 is 4.74 Å². The maximum Gasteiger partial charge on any atom is 0.0597 e. The molecule has 0 saturated carbocycles. The number of alkyl halides is 1. The van der Waals surface area contributed by atoms with E-state index in [9.17, 15) is 0 Å². The van der Waals surface area contributed by atoms with Crippen molar-refractivity contribution in [3.8, 4) is 0 Å². The predicted octanol–water partition coefficient (Wildman–Crippen LogP) is 1.57. The van der Waals surface area contributed by atoms with Gasteiger partial charge >= 0.3 is 0 Å². The summed E-state index contributed by atoms with van der Waals surface area (Å²) in [4.78, 5) is 2.36. The monoisotopic (exact) mass is 289 g/mol. The highest BCUT2D eigenvalue weighted by molar-refractivity contribution is 9.09. The molecule has 1 rings (SSSR count). The third-order valence-corrected chi connectivity index (χ3v) is 2.85. The molecule has 16 heavy (non-hydrogen) atoms. The first kappa shape index (κ1) is 13.7. The van der Waals surface area contributed by atoms with Gasteiger partial charge in [0, 0.05) is 39.1 Å². The summed E-state index contributed by atoms with van der Waals surface area (Å²) in [6, 6.07) is 2.13. The fraction of sp³-hybridized carbons (Fsp3) is 0.727. The Bertz CT molecular complexity index is 314. The van der Waals surface area contributed by atoms with E-state index in [1.54, 1.807) is 7.11 Å². The van der Waals surface area contributed by atoms with Crippen molar-refractivity contribution in [3.63, 3.8) is 0 Å². The van der Waals surface area contributed by atoms with Crippen LogP contribution in [0.2, 0.25) is 0 Å². The molecule has 0 unspecified atom stereocenters. The van der Waals surface area contributed by atoms with E-state index < -0.39 is 0 Å². The van der Waals surface area contributed by atoms with Gasteiger partial charge in [0.05, 0.1) is 18.0 Å². The predicted molar refractivity (Wildman–Crippen MR) is 68.9 cm³/mol. The highest BCUT2D eigenvalue weighted by Crippen LogP contribution is 2.06. The second-order valence-electron chi connectivity index (χ2n) is 3.86. The number of rotatable bonds is 7. The molecule has 0 spiro atoms. The summed E-state index contributed by atoms with van der Waals surface area (Å²) in [6.07, 6.45) is 0. The van der Waals surface area contributed by atoms with Crippen LogP contribution < -0.4 is 0 Å². The van der Waals surface area contributed by atoms with Crippen LogP contribution in [0.1, 0.15) is 11.4 Å². The minimum absolute atomic E-state index is 0.768. The van der Waals surface area contributed by atoms with Gasteiger partial charge in [0.2, 0.25) is 0 Å². The molecule has 0 amide bonds. The van der Waals surface area contributed by atoms with E-state index >= 15 is 0 Å². The van der Waals surface area contributed by atoms with Crippen LogP contribution in [0.3, 0.4) is 0 Å². The van der Waals surface area contributed by atoms with Crippen LogP contribution in [-0.2, 0) is 18.3 Å². The van der Waals surface area contributed by atoms with E-state index in [-0.39, 0.29) is 0 Å². The van der Waals surface area contributed by atoms with Crippen LogP contribution in [-0.4, -0.2) is 46.8 Å². The first-order valence-corrected chi connectivity index (χ1v) is 6.56. The number of nitrogens with zero attached hydrogens (tertiary/aromatic N) is 3. The number of aryl methyl sites for hydroxylation is 2. The van der Waals surface area contributed by atoms with Gasteiger partial charge in [0.1, 0.15) is 0 Å². The van der Waals surface area contributed by atoms with Crippen molar-refractivity contribution < 1.29 is 4.74 Å². The summed E-state index contributed by atoms with van der Waals surface area (Å²) >= 11 is 3.47. The molecule has 0 atom stereocenters. The number of ether oxygens (including phenoxy) is 1. The molecule has 92 valence electrons. The lowest BCUT2D eigenvalue weighted by Crippen LogP contribution is -2.29. The van der Waals surface area contributed by atoms with E-state index in [2.05, 4.69) is 32.0 Å².